The van der Waals surface area contributed by atoms with E-state index in [9.17, 15) is 9.59 Å². The Labute approximate surface area is 156 Å². The molecule has 0 bridgehead atoms. The molecule has 0 amide bonds. The highest BCUT2D eigenvalue weighted by atomic mass is 35.5. The van der Waals surface area contributed by atoms with E-state index in [2.05, 4.69) is 0 Å². The number of rotatable bonds is 6. The van der Waals surface area contributed by atoms with Gasteiger partial charge < -0.3 is 18.9 Å². The molecule has 0 N–H and O–H groups in total. The topological polar surface area (TPSA) is 71.1 Å². The lowest BCUT2D eigenvalue weighted by molar-refractivity contribution is -0.266. The van der Waals surface area contributed by atoms with E-state index in [0.717, 1.165) is 5.56 Å². The molecular weight excluding hydrogens is 371 g/mol. The number of carbonyl (C=O) groups excluding carboxylic acids is 2. The molecule has 1 aromatic carbocycles. The number of ether oxygens (including phenoxy) is 4. The maximum absolute atomic E-state index is 11.5. The minimum atomic E-state index is -1.14. The summed E-state index contributed by atoms with van der Waals surface area (Å²) in [5.41, 5.74) is 0.922. The first kappa shape index (κ1) is 20.0. The van der Waals surface area contributed by atoms with Crippen molar-refractivity contribution in [3.8, 4) is 0 Å². The Morgan fingerprint density at radius 3 is 2.28 bits per heavy atom. The van der Waals surface area contributed by atoms with E-state index in [1.165, 1.54) is 13.8 Å². The van der Waals surface area contributed by atoms with Gasteiger partial charge in [0.15, 0.2) is 6.10 Å². The molecule has 1 aromatic rings. The molecule has 0 radical (unpaired) electrons. The molecule has 1 unspecified atom stereocenters. The van der Waals surface area contributed by atoms with Gasteiger partial charge in [0.25, 0.3) is 0 Å². The van der Waals surface area contributed by atoms with Gasteiger partial charge in [-0.05, 0) is 5.56 Å². The van der Waals surface area contributed by atoms with Crippen molar-refractivity contribution in [1.29, 1.82) is 0 Å². The Morgan fingerprint density at radius 2 is 1.72 bits per heavy atom. The van der Waals surface area contributed by atoms with Crippen molar-refractivity contribution in [3.05, 3.63) is 35.9 Å². The summed E-state index contributed by atoms with van der Waals surface area (Å²) in [6, 6.07) is 9.45. The van der Waals surface area contributed by atoms with Crippen LogP contribution in [0, 0.1) is 0 Å². The Morgan fingerprint density at radius 1 is 1.08 bits per heavy atom. The highest BCUT2D eigenvalue weighted by molar-refractivity contribution is 6.23. The molecule has 0 aromatic heterocycles. The molecule has 25 heavy (non-hydrogen) atoms. The van der Waals surface area contributed by atoms with Crippen molar-refractivity contribution < 1.29 is 28.5 Å². The van der Waals surface area contributed by atoms with E-state index in [4.69, 9.17) is 42.1 Å². The average Bonchev–Trinajstić information content (AvgIpc) is 2.57. The van der Waals surface area contributed by atoms with E-state index < -0.39 is 41.9 Å². The van der Waals surface area contributed by atoms with Gasteiger partial charge in [-0.2, -0.15) is 0 Å². The second kappa shape index (κ2) is 9.38. The zero-order valence-electron chi connectivity index (χ0n) is 13.9. The Hall–Kier alpha value is -1.34. The summed E-state index contributed by atoms with van der Waals surface area (Å²) in [7, 11) is 0. The predicted octanol–water partition coefficient (Wildman–Crippen LogP) is 2.64. The number of hydrogen-bond acceptors (Lipinski definition) is 6. The largest absolute Gasteiger partial charge is 0.453 e. The van der Waals surface area contributed by atoms with E-state index in [0.29, 0.717) is 0 Å². The number of alkyl halides is 2. The minimum Gasteiger partial charge on any atom is -0.453 e. The van der Waals surface area contributed by atoms with Gasteiger partial charge in [-0.15, -0.1) is 23.2 Å². The summed E-state index contributed by atoms with van der Waals surface area (Å²) in [5.74, 6) is -1.07. The molecule has 0 aliphatic carbocycles. The number of halogens is 2. The van der Waals surface area contributed by atoms with Crippen molar-refractivity contribution in [2.75, 3.05) is 5.88 Å². The zero-order chi connectivity index (χ0) is 18.4. The Bertz CT molecular complexity index is 582. The second-order valence-electron chi connectivity index (χ2n) is 5.59. The van der Waals surface area contributed by atoms with Crippen LogP contribution >= 0.6 is 23.2 Å². The average molecular weight is 391 g/mol. The monoisotopic (exact) mass is 390 g/mol. The van der Waals surface area contributed by atoms with Crippen LogP contribution in [-0.2, 0) is 35.1 Å². The van der Waals surface area contributed by atoms with Crippen molar-refractivity contribution in [1.82, 2.24) is 0 Å². The fourth-order valence-electron chi connectivity index (χ4n) is 2.52. The molecular formula is C17H20Cl2O6. The van der Waals surface area contributed by atoms with E-state index in [1.807, 2.05) is 30.3 Å². The molecule has 138 valence electrons. The van der Waals surface area contributed by atoms with Crippen LogP contribution in [0.15, 0.2) is 30.3 Å². The summed E-state index contributed by atoms with van der Waals surface area (Å²) >= 11 is 12.3. The summed E-state index contributed by atoms with van der Waals surface area (Å²) in [6.45, 7) is 2.72. The fourth-order valence-corrected chi connectivity index (χ4v) is 3.24. The van der Waals surface area contributed by atoms with Gasteiger partial charge in [0.1, 0.15) is 6.10 Å². The van der Waals surface area contributed by atoms with Crippen molar-refractivity contribution in [3.63, 3.8) is 0 Å². The first-order chi connectivity index (χ1) is 11.9. The lowest BCUT2D eigenvalue weighted by atomic mass is 10.0. The SMILES string of the molecule is CC(=O)OC1O[C@H](CCl)[C@@H](Cl)[C@H](OCc2ccccc2)[C@H]1OC(C)=O. The summed E-state index contributed by atoms with van der Waals surface area (Å²) < 4.78 is 21.9. The van der Waals surface area contributed by atoms with E-state index >= 15 is 0 Å². The van der Waals surface area contributed by atoms with Gasteiger partial charge in [-0.1, -0.05) is 30.3 Å². The predicted molar refractivity (Wildman–Crippen MR) is 91.4 cm³/mol. The van der Waals surface area contributed by atoms with Crippen LogP contribution in [-0.4, -0.2) is 47.8 Å². The highest BCUT2D eigenvalue weighted by Crippen LogP contribution is 2.31. The molecule has 1 heterocycles. The molecule has 1 aliphatic rings. The Balaban J connectivity index is 2.20. The fraction of sp³-hybridized carbons (Fsp3) is 0.529. The summed E-state index contributed by atoms with van der Waals surface area (Å²) in [5, 5.41) is -0.683. The normalized spacial score (nSPS) is 29.0. The Kier molecular flexibility index (Phi) is 7.50. The molecule has 0 saturated carbocycles. The molecule has 6 nitrogen and oxygen atoms in total. The van der Waals surface area contributed by atoms with Crippen LogP contribution in [0.3, 0.4) is 0 Å². The maximum Gasteiger partial charge on any atom is 0.305 e. The van der Waals surface area contributed by atoms with Gasteiger partial charge in [0, 0.05) is 13.8 Å². The quantitative estimate of drug-likeness (QED) is 0.549. The lowest BCUT2D eigenvalue weighted by Crippen LogP contribution is -2.59. The minimum absolute atomic E-state index is 0.0733. The van der Waals surface area contributed by atoms with Crippen molar-refractivity contribution in [2.45, 2.75) is 50.4 Å². The standard InChI is InChI=1S/C17H20Cl2O6/c1-10(20)23-16-15(22-9-12-6-4-3-5-7-12)14(19)13(8-18)25-17(16)24-11(2)21/h3-7,13-17H,8-9H2,1-2H3/t13-,14-,15+,16-,17?/m1/s1. The van der Waals surface area contributed by atoms with E-state index in [-0.39, 0.29) is 12.5 Å². The number of hydrogen-bond donors (Lipinski definition) is 0. The van der Waals surface area contributed by atoms with Gasteiger partial charge in [0.2, 0.25) is 6.29 Å². The van der Waals surface area contributed by atoms with Crippen LogP contribution in [0.25, 0.3) is 0 Å². The third kappa shape index (κ3) is 5.57. The van der Waals surface area contributed by atoms with E-state index in [1.54, 1.807) is 0 Å². The zero-order valence-corrected chi connectivity index (χ0v) is 15.4. The second-order valence-corrected chi connectivity index (χ2v) is 6.40. The molecule has 1 fully saturated rings. The third-order valence-corrected chi connectivity index (χ3v) is 4.43. The van der Waals surface area contributed by atoms with Crippen molar-refractivity contribution in [2.24, 2.45) is 0 Å². The smallest absolute Gasteiger partial charge is 0.305 e. The molecule has 1 saturated heterocycles. The van der Waals surface area contributed by atoms with Crippen LogP contribution in [0.5, 0.6) is 0 Å². The van der Waals surface area contributed by atoms with Gasteiger partial charge >= 0.3 is 11.9 Å². The molecule has 1 aliphatic heterocycles. The molecule has 5 atom stereocenters. The molecule has 0 spiro atoms. The van der Waals surface area contributed by atoms with Crippen molar-refractivity contribution >= 4 is 35.1 Å². The van der Waals surface area contributed by atoms with Crippen LogP contribution in [0.1, 0.15) is 19.4 Å². The molecule has 8 heteroatoms. The molecule has 2 rings (SSSR count). The first-order valence-electron chi connectivity index (χ1n) is 7.77. The third-order valence-electron chi connectivity index (χ3n) is 3.59. The number of benzene rings is 1. The summed E-state index contributed by atoms with van der Waals surface area (Å²) in [6.07, 6.45) is -3.51. The van der Waals surface area contributed by atoms with Gasteiger partial charge in [0.05, 0.1) is 24.0 Å². The maximum atomic E-state index is 11.5. The summed E-state index contributed by atoms with van der Waals surface area (Å²) in [4.78, 5) is 22.8. The van der Waals surface area contributed by atoms with Crippen LogP contribution < -0.4 is 0 Å². The number of esters is 2. The van der Waals surface area contributed by atoms with Crippen LogP contribution in [0.4, 0.5) is 0 Å². The van der Waals surface area contributed by atoms with Gasteiger partial charge in [-0.25, -0.2) is 0 Å². The number of carbonyl (C=O) groups is 2. The lowest BCUT2D eigenvalue weighted by Gasteiger charge is -2.42. The first-order valence-corrected chi connectivity index (χ1v) is 8.75. The van der Waals surface area contributed by atoms with Crippen LogP contribution in [0.2, 0.25) is 0 Å². The highest BCUT2D eigenvalue weighted by Gasteiger charge is 2.49. The van der Waals surface area contributed by atoms with Gasteiger partial charge in [-0.3, -0.25) is 9.59 Å².